The van der Waals surface area contributed by atoms with Crippen LogP contribution >= 0.6 is 0 Å². The van der Waals surface area contributed by atoms with Gasteiger partial charge < -0.3 is 10.6 Å². The van der Waals surface area contributed by atoms with Crippen molar-refractivity contribution in [1.29, 1.82) is 0 Å². The molecule has 0 bridgehead atoms. The lowest BCUT2D eigenvalue weighted by molar-refractivity contribution is -0.127. The first-order valence-electron chi connectivity index (χ1n) is 5.88. The third-order valence-electron chi connectivity index (χ3n) is 3.04. The maximum absolute atomic E-state index is 11.4. The second kappa shape index (κ2) is 5.01. The van der Waals surface area contributed by atoms with Crippen LogP contribution in [0.25, 0.3) is 0 Å². The zero-order valence-electron chi connectivity index (χ0n) is 9.48. The van der Waals surface area contributed by atoms with Gasteiger partial charge in [-0.3, -0.25) is 4.79 Å². The van der Waals surface area contributed by atoms with E-state index in [0.717, 1.165) is 44.5 Å². The van der Waals surface area contributed by atoms with Crippen LogP contribution in [-0.4, -0.2) is 23.9 Å². The minimum atomic E-state index is 0.317. The topological polar surface area (TPSA) is 46.3 Å². The highest BCUT2D eigenvalue weighted by atomic mass is 16.2. The molecule has 0 unspecified atom stereocenters. The molecule has 1 aromatic rings. The zero-order chi connectivity index (χ0) is 11.4. The molecule has 1 aliphatic heterocycles. The van der Waals surface area contributed by atoms with Gasteiger partial charge in [-0.05, 0) is 37.0 Å². The summed E-state index contributed by atoms with van der Waals surface area (Å²) in [7, 11) is 0. The zero-order valence-corrected chi connectivity index (χ0v) is 9.48. The van der Waals surface area contributed by atoms with Gasteiger partial charge in [0.2, 0.25) is 5.91 Å². The van der Waals surface area contributed by atoms with E-state index < -0.39 is 0 Å². The summed E-state index contributed by atoms with van der Waals surface area (Å²) in [5.41, 5.74) is 7.72. The molecule has 0 aliphatic carbocycles. The molecule has 16 heavy (non-hydrogen) atoms. The summed E-state index contributed by atoms with van der Waals surface area (Å²) >= 11 is 0. The van der Waals surface area contributed by atoms with Crippen LogP contribution in [0.3, 0.4) is 0 Å². The molecule has 0 saturated carbocycles. The fourth-order valence-corrected chi connectivity index (χ4v) is 2.10. The SMILES string of the molecule is Nc1ccc(CCCN2CCCC2=O)cc1. The minimum absolute atomic E-state index is 0.317. The molecule has 3 nitrogen and oxygen atoms in total. The van der Waals surface area contributed by atoms with Crippen LogP contribution in [0.5, 0.6) is 0 Å². The van der Waals surface area contributed by atoms with Gasteiger partial charge in [-0.15, -0.1) is 0 Å². The van der Waals surface area contributed by atoms with Gasteiger partial charge in [-0.1, -0.05) is 12.1 Å². The summed E-state index contributed by atoms with van der Waals surface area (Å²) in [6.45, 7) is 1.84. The number of anilines is 1. The summed E-state index contributed by atoms with van der Waals surface area (Å²) in [5, 5.41) is 0. The van der Waals surface area contributed by atoms with Gasteiger partial charge in [-0.25, -0.2) is 0 Å². The van der Waals surface area contributed by atoms with Gasteiger partial charge in [0.15, 0.2) is 0 Å². The molecule has 0 radical (unpaired) electrons. The molecule has 0 atom stereocenters. The minimum Gasteiger partial charge on any atom is -0.399 e. The molecule has 1 fully saturated rings. The van der Waals surface area contributed by atoms with Crippen LogP contribution in [0.15, 0.2) is 24.3 Å². The van der Waals surface area contributed by atoms with Crippen LogP contribution in [-0.2, 0) is 11.2 Å². The Morgan fingerprint density at radius 2 is 2.00 bits per heavy atom. The summed E-state index contributed by atoms with van der Waals surface area (Å²) in [5.74, 6) is 0.317. The summed E-state index contributed by atoms with van der Waals surface area (Å²) in [6.07, 6.45) is 3.82. The summed E-state index contributed by atoms with van der Waals surface area (Å²) in [6, 6.07) is 7.97. The Bertz CT molecular complexity index is 359. The lowest BCUT2D eigenvalue weighted by Gasteiger charge is -2.14. The number of hydrogen-bond donors (Lipinski definition) is 1. The molecule has 1 amide bonds. The van der Waals surface area contributed by atoms with Gasteiger partial charge >= 0.3 is 0 Å². The first kappa shape index (κ1) is 11.0. The van der Waals surface area contributed by atoms with Crippen molar-refractivity contribution in [2.24, 2.45) is 0 Å². The normalized spacial score (nSPS) is 15.8. The highest BCUT2D eigenvalue weighted by molar-refractivity contribution is 5.77. The Kier molecular flexibility index (Phi) is 3.44. The molecular weight excluding hydrogens is 200 g/mol. The fourth-order valence-electron chi connectivity index (χ4n) is 2.10. The fraction of sp³-hybridized carbons (Fsp3) is 0.462. The average molecular weight is 218 g/mol. The van der Waals surface area contributed by atoms with Gasteiger partial charge in [0.1, 0.15) is 0 Å². The molecule has 1 heterocycles. The molecule has 2 N–H and O–H groups in total. The molecule has 0 aromatic heterocycles. The van der Waals surface area contributed by atoms with Gasteiger partial charge in [0, 0.05) is 25.2 Å². The number of aryl methyl sites for hydroxylation is 1. The van der Waals surface area contributed by atoms with Gasteiger partial charge in [0.05, 0.1) is 0 Å². The Morgan fingerprint density at radius 1 is 1.25 bits per heavy atom. The summed E-state index contributed by atoms with van der Waals surface area (Å²) < 4.78 is 0. The van der Waals surface area contributed by atoms with E-state index in [1.165, 1.54) is 5.56 Å². The van der Waals surface area contributed by atoms with E-state index >= 15 is 0 Å². The molecular formula is C13H18N2O. The lowest BCUT2D eigenvalue weighted by atomic mass is 10.1. The monoisotopic (exact) mass is 218 g/mol. The Hall–Kier alpha value is -1.51. The van der Waals surface area contributed by atoms with Crippen LogP contribution < -0.4 is 5.73 Å². The number of nitrogens with zero attached hydrogens (tertiary/aromatic N) is 1. The van der Waals surface area contributed by atoms with Crippen molar-refractivity contribution in [3.63, 3.8) is 0 Å². The predicted molar refractivity (Wildman–Crippen MR) is 65.0 cm³/mol. The maximum Gasteiger partial charge on any atom is 0.222 e. The number of carbonyl (C=O) groups is 1. The summed E-state index contributed by atoms with van der Waals surface area (Å²) in [4.78, 5) is 13.3. The number of carbonyl (C=O) groups excluding carboxylic acids is 1. The van der Waals surface area contributed by atoms with Crippen molar-refractivity contribution in [1.82, 2.24) is 4.90 Å². The average Bonchev–Trinajstić information content (AvgIpc) is 2.68. The lowest BCUT2D eigenvalue weighted by Crippen LogP contribution is -2.25. The molecule has 3 heteroatoms. The number of hydrogen-bond acceptors (Lipinski definition) is 2. The van der Waals surface area contributed by atoms with E-state index in [1.807, 2.05) is 17.0 Å². The number of amides is 1. The van der Waals surface area contributed by atoms with E-state index in [1.54, 1.807) is 0 Å². The van der Waals surface area contributed by atoms with Crippen molar-refractivity contribution in [3.05, 3.63) is 29.8 Å². The molecule has 1 aromatic carbocycles. The maximum atomic E-state index is 11.4. The van der Waals surface area contributed by atoms with Crippen LogP contribution in [0.4, 0.5) is 5.69 Å². The highest BCUT2D eigenvalue weighted by Gasteiger charge is 2.18. The number of likely N-dealkylation sites (tertiary alicyclic amines) is 1. The number of benzene rings is 1. The number of rotatable bonds is 4. The van der Waals surface area contributed by atoms with Crippen LogP contribution in [0.1, 0.15) is 24.8 Å². The van der Waals surface area contributed by atoms with E-state index in [9.17, 15) is 4.79 Å². The molecule has 2 rings (SSSR count). The van der Waals surface area contributed by atoms with E-state index in [0.29, 0.717) is 5.91 Å². The predicted octanol–water partition coefficient (Wildman–Crippen LogP) is 1.82. The smallest absolute Gasteiger partial charge is 0.222 e. The Balaban J connectivity index is 1.75. The standard InChI is InChI=1S/C13H18N2O/c14-12-7-5-11(6-8-12)3-1-9-15-10-2-4-13(15)16/h5-8H,1-4,9-10,14H2. The third-order valence-corrected chi connectivity index (χ3v) is 3.04. The van der Waals surface area contributed by atoms with Crippen molar-refractivity contribution in [2.75, 3.05) is 18.8 Å². The van der Waals surface area contributed by atoms with Crippen LogP contribution in [0, 0.1) is 0 Å². The van der Waals surface area contributed by atoms with Crippen molar-refractivity contribution >= 4 is 11.6 Å². The van der Waals surface area contributed by atoms with Crippen molar-refractivity contribution in [3.8, 4) is 0 Å². The molecule has 86 valence electrons. The third kappa shape index (κ3) is 2.75. The first-order chi connectivity index (χ1) is 7.75. The largest absolute Gasteiger partial charge is 0.399 e. The van der Waals surface area contributed by atoms with Gasteiger partial charge in [-0.2, -0.15) is 0 Å². The Labute approximate surface area is 96.2 Å². The Morgan fingerprint density at radius 3 is 2.62 bits per heavy atom. The molecule has 1 saturated heterocycles. The molecule has 1 aliphatic rings. The van der Waals surface area contributed by atoms with E-state index in [2.05, 4.69) is 12.1 Å². The van der Waals surface area contributed by atoms with E-state index in [-0.39, 0.29) is 0 Å². The highest BCUT2D eigenvalue weighted by Crippen LogP contribution is 2.12. The van der Waals surface area contributed by atoms with Gasteiger partial charge in [0.25, 0.3) is 0 Å². The van der Waals surface area contributed by atoms with E-state index in [4.69, 9.17) is 5.73 Å². The first-order valence-corrected chi connectivity index (χ1v) is 5.88. The quantitative estimate of drug-likeness (QED) is 0.784. The van der Waals surface area contributed by atoms with Crippen molar-refractivity contribution in [2.45, 2.75) is 25.7 Å². The van der Waals surface area contributed by atoms with Crippen LogP contribution in [0.2, 0.25) is 0 Å². The van der Waals surface area contributed by atoms with Crippen molar-refractivity contribution < 1.29 is 4.79 Å². The second-order valence-corrected chi connectivity index (χ2v) is 4.33. The second-order valence-electron chi connectivity index (χ2n) is 4.33. The number of nitrogens with two attached hydrogens (primary N) is 1. The molecule has 0 spiro atoms. The number of nitrogen functional groups attached to an aromatic ring is 1.